The lowest BCUT2D eigenvalue weighted by Gasteiger charge is -2.48. The molecule has 1 aromatic carbocycles. The zero-order chi connectivity index (χ0) is 21.5. The lowest BCUT2D eigenvalue weighted by atomic mass is 9.69. The van der Waals surface area contributed by atoms with Gasteiger partial charge in [-0.3, -0.25) is 0 Å². The van der Waals surface area contributed by atoms with E-state index in [4.69, 9.17) is 16.6 Å². The monoisotopic (exact) mass is 399 g/mol. The van der Waals surface area contributed by atoms with Crippen LogP contribution in [0.25, 0.3) is 10.9 Å². The molecule has 154 valence electrons. The first-order valence-corrected chi connectivity index (χ1v) is 10.7. The summed E-state index contributed by atoms with van der Waals surface area (Å²) in [5.41, 5.74) is 7.66. The number of hydrogen-bond donors (Lipinski definition) is 0. The predicted molar refractivity (Wildman–Crippen MR) is 121 cm³/mol. The van der Waals surface area contributed by atoms with Gasteiger partial charge in [0.25, 0.3) is 5.70 Å². The molecule has 30 heavy (non-hydrogen) atoms. The van der Waals surface area contributed by atoms with Gasteiger partial charge in [-0.2, -0.15) is 0 Å². The third-order valence-electron chi connectivity index (χ3n) is 6.82. The van der Waals surface area contributed by atoms with Gasteiger partial charge in [-0.1, -0.05) is 45.9 Å². The summed E-state index contributed by atoms with van der Waals surface area (Å²) in [6, 6.07) is 6.67. The van der Waals surface area contributed by atoms with E-state index < -0.39 is 0 Å². The minimum Gasteiger partial charge on any atom is -0.373 e. The van der Waals surface area contributed by atoms with Crippen LogP contribution in [0.2, 0.25) is 0 Å². The molecule has 4 nitrogen and oxygen atoms in total. The van der Waals surface area contributed by atoms with Crippen molar-refractivity contribution in [3.63, 3.8) is 0 Å². The number of ether oxygens (including phenoxy) is 1. The standard InChI is InChI=1S/C26H29N3O/c1-25(2)8-10-29-11-9-26(3,4)22-14-18(13-21(25)24(22)29)6-7-19-12-20(17-30-16-19)23(15-27)28-5/h6-7,12-14H,8-11,16-17H2,1-4H3/b7-6+,23-20-. The first-order valence-electron chi connectivity index (χ1n) is 10.7. The molecule has 4 heteroatoms. The first kappa shape index (κ1) is 20.5. The summed E-state index contributed by atoms with van der Waals surface area (Å²) in [7, 11) is 0. The second-order valence-corrected chi connectivity index (χ2v) is 9.86. The maximum atomic E-state index is 9.14. The van der Waals surface area contributed by atoms with Crippen molar-refractivity contribution >= 4 is 11.8 Å². The average Bonchev–Trinajstić information content (AvgIpc) is 2.72. The Bertz CT molecular complexity index is 1000. The highest BCUT2D eigenvalue weighted by Crippen LogP contribution is 2.49. The van der Waals surface area contributed by atoms with Crippen molar-refractivity contribution in [2.24, 2.45) is 0 Å². The molecule has 1 aromatic rings. The van der Waals surface area contributed by atoms with E-state index in [9.17, 15) is 0 Å². The number of anilines is 1. The van der Waals surface area contributed by atoms with E-state index in [1.165, 1.54) is 35.2 Å². The van der Waals surface area contributed by atoms with E-state index in [-0.39, 0.29) is 16.5 Å². The fourth-order valence-electron chi connectivity index (χ4n) is 4.75. The molecule has 0 fully saturated rings. The van der Waals surface area contributed by atoms with Gasteiger partial charge in [0.2, 0.25) is 0 Å². The van der Waals surface area contributed by atoms with Gasteiger partial charge in [0.05, 0.1) is 25.9 Å². The van der Waals surface area contributed by atoms with Gasteiger partial charge in [-0.05, 0) is 63.6 Å². The van der Waals surface area contributed by atoms with Gasteiger partial charge < -0.3 is 9.64 Å². The Morgan fingerprint density at radius 1 is 1.10 bits per heavy atom. The van der Waals surface area contributed by atoms with Gasteiger partial charge in [0, 0.05) is 18.8 Å². The van der Waals surface area contributed by atoms with Crippen LogP contribution in [-0.2, 0) is 15.6 Å². The third-order valence-corrected chi connectivity index (χ3v) is 6.82. The topological polar surface area (TPSA) is 40.6 Å². The SMILES string of the molecule is [C-]#[N+]/C(C#N)=C1C=C(/C=C/c2cc3c4c(c2)C(C)(C)CCN4CCC3(C)C)COC/1. The van der Waals surface area contributed by atoms with E-state index in [0.717, 1.165) is 18.7 Å². The van der Waals surface area contributed by atoms with Gasteiger partial charge in [-0.25, -0.2) is 10.1 Å². The average molecular weight is 400 g/mol. The fourth-order valence-corrected chi connectivity index (χ4v) is 4.75. The smallest absolute Gasteiger partial charge is 0.267 e. The van der Waals surface area contributed by atoms with Crippen LogP contribution in [-0.4, -0.2) is 26.3 Å². The van der Waals surface area contributed by atoms with Crippen LogP contribution < -0.4 is 4.90 Å². The molecule has 3 heterocycles. The predicted octanol–water partition coefficient (Wildman–Crippen LogP) is 5.52. The summed E-state index contributed by atoms with van der Waals surface area (Å²) in [6.45, 7) is 19.7. The molecule has 3 aliphatic rings. The van der Waals surface area contributed by atoms with Gasteiger partial charge in [0.15, 0.2) is 0 Å². The summed E-state index contributed by atoms with van der Waals surface area (Å²) in [5, 5.41) is 9.14. The highest BCUT2D eigenvalue weighted by molar-refractivity contribution is 5.72. The van der Waals surface area contributed by atoms with Crippen LogP contribution in [0.15, 0.2) is 41.1 Å². The van der Waals surface area contributed by atoms with E-state index in [2.05, 4.69) is 61.7 Å². The lowest BCUT2D eigenvalue weighted by Crippen LogP contribution is -2.44. The zero-order valence-corrected chi connectivity index (χ0v) is 18.4. The van der Waals surface area contributed by atoms with Crippen molar-refractivity contribution in [1.29, 1.82) is 5.26 Å². The summed E-state index contributed by atoms with van der Waals surface area (Å²) < 4.78 is 5.61. The maximum absolute atomic E-state index is 9.14. The molecular weight excluding hydrogens is 370 g/mol. The van der Waals surface area contributed by atoms with Gasteiger partial charge in [0.1, 0.15) is 0 Å². The Morgan fingerprint density at radius 3 is 2.30 bits per heavy atom. The van der Waals surface area contributed by atoms with Crippen LogP contribution in [0.4, 0.5) is 5.69 Å². The summed E-state index contributed by atoms with van der Waals surface area (Å²) in [5.74, 6) is 0. The maximum Gasteiger partial charge on any atom is 0.267 e. The Balaban J connectivity index is 1.76. The van der Waals surface area contributed by atoms with Crippen molar-refractivity contribution in [3.05, 3.63) is 69.2 Å². The van der Waals surface area contributed by atoms with Gasteiger partial charge >= 0.3 is 0 Å². The highest BCUT2D eigenvalue weighted by atomic mass is 16.5. The van der Waals surface area contributed by atoms with E-state index in [1.807, 2.05) is 12.1 Å². The number of benzene rings is 1. The Labute approximate surface area is 180 Å². The summed E-state index contributed by atoms with van der Waals surface area (Å²) in [6.07, 6.45) is 8.49. The zero-order valence-electron chi connectivity index (χ0n) is 18.4. The van der Waals surface area contributed by atoms with Crippen molar-refractivity contribution < 1.29 is 4.74 Å². The molecular formula is C26H29N3O. The van der Waals surface area contributed by atoms with Crippen molar-refractivity contribution in [1.82, 2.24) is 0 Å². The number of nitriles is 1. The van der Waals surface area contributed by atoms with Crippen molar-refractivity contribution in [2.45, 2.75) is 51.4 Å². The summed E-state index contributed by atoms with van der Waals surface area (Å²) >= 11 is 0. The molecule has 0 N–H and O–H groups in total. The van der Waals surface area contributed by atoms with E-state index in [1.54, 1.807) is 0 Å². The highest BCUT2D eigenvalue weighted by Gasteiger charge is 2.39. The minimum atomic E-state index is 0.113. The normalized spacial score (nSPS) is 23.3. The number of allylic oxidation sites excluding steroid dienone is 1. The Kier molecular flexibility index (Phi) is 5.08. The molecule has 0 saturated carbocycles. The van der Waals surface area contributed by atoms with Crippen LogP contribution in [0.1, 0.15) is 57.2 Å². The molecule has 0 atom stereocenters. The lowest BCUT2D eigenvalue weighted by molar-refractivity contribution is 0.176. The second-order valence-electron chi connectivity index (χ2n) is 9.86. The molecule has 0 amide bonds. The van der Waals surface area contributed by atoms with Crippen molar-refractivity contribution in [3.8, 4) is 6.07 Å². The fraction of sp³-hybridized carbons (Fsp3) is 0.462. The Morgan fingerprint density at radius 2 is 1.73 bits per heavy atom. The van der Waals surface area contributed by atoms with E-state index >= 15 is 0 Å². The van der Waals surface area contributed by atoms with Crippen molar-refractivity contribution in [2.75, 3.05) is 31.2 Å². The minimum absolute atomic E-state index is 0.113. The van der Waals surface area contributed by atoms with Crippen LogP contribution in [0, 0.1) is 17.9 Å². The van der Waals surface area contributed by atoms with Gasteiger partial charge in [-0.15, -0.1) is 0 Å². The molecule has 0 spiro atoms. The number of hydrogen-bond acceptors (Lipinski definition) is 3. The van der Waals surface area contributed by atoms with Crippen LogP contribution in [0.5, 0.6) is 0 Å². The number of nitrogens with zero attached hydrogens (tertiary/aromatic N) is 3. The molecule has 0 radical (unpaired) electrons. The molecule has 0 bridgehead atoms. The van der Waals surface area contributed by atoms with E-state index in [0.29, 0.717) is 18.8 Å². The molecule has 0 aromatic heterocycles. The molecule has 0 saturated heterocycles. The van der Waals surface area contributed by atoms with Crippen LogP contribution in [0.3, 0.4) is 0 Å². The molecule has 3 aliphatic heterocycles. The largest absolute Gasteiger partial charge is 0.373 e. The molecule has 0 unspecified atom stereocenters. The quantitative estimate of drug-likeness (QED) is 0.485. The first-order chi connectivity index (χ1) is 14.2. The Hall–Kier alpha value is -2.82. The summed E-state index contributed by atoms with van der Waals surface area (Å²) in [4.78, 5) is 5.89. The molecule has 0 aliphatic carbocycles. The second kappa shape index (κ2) is 7.46. The van der Waals surface area contributed by atoms with Crippen LogP contribution >= 0.6 is 0 Å². The molecule has 4 rings (SSSR count). The third kappa shape index (κ3) is 3.57. The number of rotatable bonds is 2.